The average molecular weight is 419 g/mol. The summed E-state index contributed by atoms with van der Waals surface area (Å²) >= 11 is 0. The molecule has 8 heteroatoms. The number of carboxylic acids is 1. The van der Waals surface area contributed by atoms with Gasteiger partial charge in [-0.25, -0.2) is 4.79 Å². The van der Waals surface area contributed by atoms with E-state index in [1.807, 2.05) is 13.8 Å². The monoisotopic (exact) mass is 419 g/mol. The Hall–Kier alpha value is -3.16. The Kier molecular flexibility index (Phi) is 8.76. The van der Waals surface area contributed by atoms with Crippen LogP contribution in [0.25, 0.3) is 5.57 Å². The highest BCUT2D eigenvalue weighted by Gasteiger charge is 2.19. The summed E-state index contributed by atoms with van der Waals surface area (Å²) < 4.78 is 10.2. The second-order valence-electron chi connectivity index (χ2n) is 7.79. The molecular weight excluding hydrogens is 390 g/mol. The highest BCUT2D eigenvalue weighted by Crippen LogP contribution is 2.28. The molecule has 0 spiro atoms. The van der Waals surface area contributed by atoms with Crippen molar-refractivity contribution < 1.29 is 33.8 Å². The van der Waals surface area contributed by atoms with E-state index in [2.05, 4.69) is 5.32 Å². The van der Waals surface area contributed by atoms with Gasteiger partial charge >= 0.3 is 18.0 Å². The Labute approximate surface area is 176 Å². The number of anilines is 1. The fourth-order valence-electron chi connectivity index (χ4n) is 2.60. The minimum absolute atomic E-state index is 0.149. The largest absolute Gasteiger partial charge is 0.481 e. The van der Waals surface area contributed by atoms with Crippen molar-refractivity contribution >= 4 is 35.1 Å². The Morgan fingerprint density at radius 1 is 1.07 bits per heavy atom. The minimum atomic E-state index is -1.09. The highest BCUT2D eigenvalue weighted by molar-refractivity contribution is 6.20. The highest BCUT2D eigenvalue weighted by atomic mass is 16.6. The number of allylic oxidation sites excluding steroid dienone is 1. The van der Waals surface area contributed by atoms with Gasteiger partial charge in [0.1, 0.15) is 12.2 Å². The normalized spacial score (nSPS) is 11.6. The number of amides is 1. The van der Waals surface area contributed by atoms with Crippen LogP contribution in [0.5, 0.6) is 0 Å². The van der Waals surface area contributed by atoms with E-state index in [0.29, 0.717) is 16.8 Å². The van der Waals surface area contributed by atoms with E-state index >= 15 is 0 Å². The van der Waals surface area contributed by atoms with Crippen molar-refractivity contribution in [3.8, 4) is 0 Å². The molecule has 0 heterocycles. The van der Waals surface area contributed by atoms with Gasteiger partial charge in [-0.15, -0.1) is 0 Å². The zero-order chi connectivity index (χ0) is 23.1. The molecule has 8 nitrogen and oxygen atoms in total. The van der Waals surface area contributed by atoms with E-state index in [9.17, 15) is 19.2 Å². The predicted octanol–water partition coefficient (Wildman–Crippen LogP) is 4.03. The van der Waals surface area contributed by atoms with Gasteiger partial charge in [-0.1, -0.05) is 6.07 Å². The minimum Gasteiger partial charge on any atom is -0.481 e. The molecule has 164 valence electrons. The summed E-state index contributed by atoms with van der Waals surface area (Å²) in [5.74, 6) is -1.95. The number of aliphatic carboxylic acids is 1. The lowest BCUT2D eigenvalue weighted by molar-refractivity contribution is -0.146. The predicted molar refractivity (Wildman–Crippen MR) is 112 cm³/mol. The van der Waals surface area contributed by atoms with Gasteiger partial charge in [-0.3, -0.25) is 19.7 Å². The van der Waals surface area contributed by atoms with E-state index < -0.39 is 23.6 Å². The number of carboxylic acid groups (broad SMARTS) is 1. The molecule has 0 radical (unpaired) electrons. The second-order valence-corrected chi connectivity index (χ2v) is 7.79. The first-order chi connectivity index (χ1) is 13.8. The lowest BCUT2D eigenvalue weighted by Crippen LogP contribution is -2.27. The van der Waals surface area contributed by atoms with E-state index in [4.69, 9.17) is 14.6 Å². The maximum Gasteiger partial charge on any atom is 0.412 e. The number of esters is 1. The fourth-order valence-corrected chi connectivity index (χ4v) is 2.60. The average Bonchev–Trinajstić information content (AvgIpc) is 2.60. The van der Waals surface area contributed by atoms with Crippen molar-refractivity contribution in [3.63, 3.8) is 0 Å². The van der Waals surface area contributed by atoms with Crippen molar-refractivity contribution in [2.75, 3.05) is 11.9 Å². The van der Waals surface area contributed by atoms with E-state index in [-0.39, 0.29) is 25.2 Å². The lowest BCUT2D eigenvalue weighted by Gasteiger charge is -2.21. The second kappa shape index (κ2) is 10.6. The number of hydrogen-bond acceptors (Lipinski definition) is 6. The third-order valence-corrected chi connectivity index (χ3v) is 4.17. The van der Waals surface area contributed by atoms with Crippen LogP contribution in [0.15, 0.2) is 18.2 Å². The summed E-state index contributed by atoms with van der Waals surface area (Å²) in [6.07, 6.45) is 0.367. The zero-order valence-electron chi connectivity index (χ0n) is 18.3. The molecule has 0 aliphatic heterocycles. The molecule has 1 amide bonds. The van der Waals surface area contributed by atoms with Crippen LogP contribution >= 0.6 is 0 Å². The molecule has 1 aromatic carbocycles. The van der Waals surface area contributed by atoms with E-state index in [1.54, 1.807) is 32.9 Å². The zero-order valence-corrected chi connectivity index (χ0v) is 18.3. The molecule has 30 heavy (non-hydrogen) atoms. The SMILES string of the molecule is CC(=O)C(=CCOC(=O)CCC(=O)O)c1ccc(NC(=O)OC(C)(C)C)c(C)c1C. The number of hydrogen-bond donors (Lipinski definition) is 2. The quantitative estimate of drug-likeness (QED) is 0.482. The molecule has 0 fully saturated rings. The van der Waals surface area contributed by atoms with Crippen LogP contribution in [0.3, 0.4) is 0 Å². The summed E-state index contributed by atoms with van der Waals surface area (Å²) in [5, 5.41) is 11.3. The summed E-state index contributed by atoms with van der Waals surface area (Å²) in [7, 11) is 0. The number of Topliss-reactive ketones (excluding diaryl/α,β-unsaturated/α-hetero) is 1. The Bertz CT molecular complexity index is 863. The number of ether oxygens (including phenoxy) is 2. The van der Waals surface area contributed by atoms with Gasteiger partial charge in [-0.2, -0.15) is 0 Å². The maximum atomic E-state index is 12.1. The van der Waals surface area contributed by atoms with Crippen LogP contribution in [0, 0.1) is 13.8 Å². The molecule has 0 atom stereocenters. The van der Waals surface area contributed by atoms with Crippen molar-refractivity contribution in [1.82, 2.24) is 0 Å². The number of carbonyl (C=O) groups is 4. The Balaban J connectivity index is 2.99. The molecule has 0 aromatic heterocycles. The van der Waals surface area contributed by atoms with Gasteiger partial charge in [-0.05, 0) is 70.4 Å². The first-order valence-corrected chi connectivity index (χ1v) is 9.51. The standard InChI is InChI=1S/C22H29NO7/c1-13-14(2)18(23-21(28)30-22(4,5)6)8-7-16(13)17(15(3)24)11-12-29-20(27)10-9-19(25)26/h7-8,11H,9-10,12H2,1-6H3,(H,23,28)(H,25,26). The molecular formula is C22H29NO7. The third-order valence-electron chi connectivity index (χ3n) is 4.17. The number of benzene rings is 1. The summed E-state index contributed by atoms with van der Waals surface area (Å²) in [4.78, 5) is 46.2. The van der Waals surface area contributed by atoms with E-state index in [1.165, 1.54) is 13.0 Å². The van der Waals surface area contributed by atoms with Crippen LogP contribution in [0.2, 0.25) is 0 Å². The molecule has 0 bridgehead atoms. The van der Waals surface area contributed by atoms with Crippen LogP contribution in [0.4, 0.5) is 10.5 Å². The number of rotatable bonds is 8. The van der Waals surface area contributed by atoms with Crippen LogP contribution in [-0.2, 0) is 23.9 Å². The summed E-state index contributed by atoms with van der Waals surface area (Å²) in [5.41, 5.74) is 2.50. The molecule has 0 saturated carbocycles. The van der Waals surface area contributed by atoms with Crippen LogP contribution in [0.1, 0.15) is 57.2 Å². The van der Waals surface area contributed by atoms with Crippen LogP contribution in [-0.4, -0.2) is 41.1 Å². The molecule has 0 aliphatic carbocycles. The number of nitrogens with one attached hydrogen (secondary N) is 1. The fraction of sp³-hybridized carbons (Fsp3) is 0.455. The van der Waals surface area contributed by atoms with Gasteiger partial charge < -0.3 is 14.6 Å². The first kappa shape index (κ1) is 24.9. The van der Waals surface area contributed by atoms with Crippen molar-refractivity contribution in [2.45, 2.75) is 60.0 Å². The van der Waals surface area contributed by atoms with Crippen molar-refractivity contribution in [2.24, 2.45) is 0 Å². The molecule has 2 N–H and O–H groups in total. The molecule has 0 saturated heterocycles. The van der Waals surface area contributed by atoms with Gasteiger partial charge in [0, 0.05) is 11.3 Å². The molecule has 1 aromatic rings. The Morgan fingerprint density at radius 2 is 1.70 bits per heavy atom. The number of carbonyl (C=O) groups excluding carboxylic acids is 3. The van der Waals surface area contributed by atoms with Gasteiger partial charge in [0.15, 0.2) is 5.78 Å². The Morgan fingerprint density at radius 3 is 2.23 bits per heavy atom. The van der Waals surface area contributed by atoms with Crippen molar-refractivity contribution in [1.29, 1.82) is 0 Å². The van der Waals surface area contributed by atoms with Crippen LogP contribution < -0.4 is 5.32 Å². The lowest BCUT2D eigenvalue weighted by atomic mass is 9.93. The topological polar surface area (TPSA) is 119 Å². The maximum absolute atomic E-state index is 12.1. The van der Waals surface area contributed by atoms with Gasteiger partial charge in [0.05, 0.1) is 12.8 Å². The summed E-state index contributed by atoms with van der Waals surface area (Å²) in [6.45, 7) is 10.2. The molecule has 0 unspecified atom stereocenters. The smallest absolute Gasteiger partial charge is 0.412 e. The summed E-state index contributed by atoms with van der Waals surface area (Å²) in [6, 6.07) is 3.38. The van der Waals surface area contributed by atoms with E-state index in [0.717, 1.165) is 11.1 Å². The third kappa shape index (κ3) is 8.06. The van der Waals surface area contributed by atoms with Gasteiger partial charge in [0.2, 0.25) is 0 Å². The molecule has 0 aliphatic rings. The first-order valence-electron chi connectivity index (χ1n) is 9.51. The van der Waals surface area contributed by atoms with Crippen molar-refractivity contribution in [3.05, 3.63) is 34.9 Å². The number of ketones is 1. The molecule has 1 rings (SSSR count). The van der Waals surface area contributed by atoms with Gasteiger partial charge in [0.25, 0.3) is 0 Å².